The molecular weight excluding hydrogens is 350 g/mol. The van der Waals surface area contributed by atoms with Crippen LogP contribution in [0.3, 0.4) is 0 Å². The lowest BCUT2D eigenvalue weighted by atomic mass is 9.82. The van der Waals surface area contributed by atoms with Crippen molar-refractivity contribution >= 4 is 17.5 Å². The number of nitrogen functional groups attached to an aromatic ring is 1. The molecule has 142 valence electrons. The van der Waals surface area contributed by atoms with Crippen molar-refractivity contribution in [3.63, 3.8) is 0 Å². The Morgan fingerprint density at radius 3 is 2.93 bits per heavy atom. The molecule has 2 aromatic heterocycles. The third-order valence-corrected chi connectivity index (χ3v) is 5.48. The van der Waals surface area contributed by atoms with Crippen LogP contribution in [0.2, 0.25) is 0 Å². The van der Waals surface area contributed by atoms with Gasteiger partial charge in [0, 0.05) is 55.1 Å². The van der Waals surface area contributed by atoms with Gasteiger partial charge >= 0.3 is 11.7 Å². The summed E-state index contributed by atoms with van der Waals surface area (Å²) in [6.45, 7) is 4.64. The molecule has 0 aromatic carbocycles. The number of carbonyl (C=O) groups is 1. The number of amides is 2. The molecule has 4 heterocycles. The smallest absolute Gasteiger partial charge is 0.317 e. The number of carbonyl (C=O) groups excluding carboxylic acids is 1. The molecule has 2 aliphatic rings. The second-order valence-corrected chi connectivity index (χ2v) is 7.06. The molecule has 0 bridgehead atoms. The molecule has 10 heteroatoms. The number of nitrogens with one attached hydrogen (secondary N) is 1. The molecular formula is C17H21N7O3. The Bertz CT molecular complexity index is 925. The SMILES string of the molecule is CCNC(=O)N1CCC2(CCn3nc(-c4cnc(N)c([N+](=O)[O-])c4)cc32)C1. The van der Waals surface area contributed by atoms with Gasteiger partial charge in [-0.25, -0.2) is 9.78 Å². The number of nitrogens with zero attached hydrogens (tertiary/aromatic N) is 5. The molecule has 0 aliphatic carbocycles. The molecule has 4 rings (SSSR count). The fourth-order valence-electron chi connectivity index (χ4n) is 4.08. The third-order valence-electron chi connectivity index (χ3n) is 5.48. The van der Waals surface area contributed by atoms with Crippen LogP contribution in [0.25, 0.3) is 11.3 Å². The van der Waals surface area contributed by atoms with E-state index < -0.39 is 4.92 Å². The minimum atomic E-state index is -0.543. The van der Waals surface area contributed by atoms with Gasteiger partial charge in [-0.3, -0.25) is 14.8 Å². The number of aryl methyl sites for hydroxylation is 1. The predicted octanol–water partition coefficient (Wildman–Crippen LogP) is 1.51. The maximum atomic E-state index is 12.2. The van der Waals surface area contributed by atoms with E-state index in [2.05, 4.69) is 15.4 Å². The number of urea groups is 1. The van der Waals surface area contributed by atoms with Gasteiger partial charge in [-0.05, 0) is 25.8 Å². The highest BCUT2D eigenvalue weighted by atomic mass is 16.6. The summed E-state index contributed by atoms with van der Waals surface area (Å²) < 4.78 is 1.94. The summed E-state index contributed by atoms with van der Waals surface area (Å²) in [4.78, 5) is 28.5. The molecule has 2 amide bonds. The highest BCUT2D eigenvalue weighted by Gasteiger charge is 2.46. The number of likely N-dealkylation sites (tertiary alicyclic amines) is 1. The van der Waals surface area contributed by atoms with Gasteiger partial charge in [0.15, 0.2) is 0 Å². The highest BCUT2D eigenvalue weighted by Crippen LogP contribution is 2.43. The van der Waals surface area contributed by atoms with E-state index in [1.807, 2.05) is 22.6 Å². The van der Waals surface area contributed by atoms with Crippen LogP contribution in [0.4, 0.5) is 16.3 Å². The number of fused-ring (bicyclic) bond motifs is 2. The van der Waals surface area contributed by atoms with E-state index in [4.69, 9.17) is 5.73 Å². The zero-order chi connectivity index (χ0) is 19.2. The molecule has 10 nitrogen and oxygen atoms in total. The van der Waals surface area contributed by atoms with E-state index in [9.17, 15) is 14.9 Å². The number of anilines is 1. The number of nitrogens with two attached hydrogens (primary N) is 1. The average Bonchev–Trinajstić information content (AvgIpc) is 3.33. The lowest BCUT2D eigenvalue weighted by Crippen LogP contribution is -2.40. The van der Waals surface area contributed by atoms with Crippen molar-refractivity contribution in [3.05, 3.63) is 34.1 Å². The van der Waals surface area contributed by atoms with Crippen LogP contribution in [-0.2, 0) is 12.0 Å². The van der Waals surface area contributed by atoms with Gasteiger partial charge in [0.2, 0.25) is 5.82 Å². The largest absolute Gasteiger partial charge is 0.378 e. The fourth-order valence-corrected chi connectivity index (χ4v) is 4.08. The Hall–Kier alpha value is -3.17. The third kappa shape index (κ3) is 2.77. The van der Waals surface area contributed by atoms with Crippen LogP contribution < -0.4 is 11.1 Å². The first kappa shape index (κ1) is 17.3. The number of rotatable bonds is 3. The number of aromatic nitrogens is 3. The molecule has 1 saturated heterocycles. The zero-order valence-corrected chi connectivity index (χ0v) is 15.0. The van der Waals surface area contributed by atoms with E-state index in [0.717, 1.165) is 25.1 Å². The first-order chi connectivity index (χ1) is 12.9. The molecule has 1 fully saturated rings. The van der Waals surface area contributed by atoms with Crippen molar-refractivity contribution in [2.24, 2.45) is 0 Å². The van der Waals surface area contributed by atoms with E-state index in [1.54, 1.807) is 0 Å². The Kier molecular flexibility index (Phi) is 3.97. The first-order valence-corrected chi connectivity index (χ1v) is 8.95. The molecule has 1 spiro atoms. The minimum Gasteiger partial charge on any atom is -0.378 e. The molecule has 1 atom stereocenters. The second kappa shape index (κ2) is 6.22. The number of hydrogen-bond acceptors (Lipinski definition) is 6. The van der Waals surface area contributed by atoms with Crippen molar-refractivity contribution in [1.29, 1.82) is 0 Å². The summed E-state index contributed by atoms with van der Waals surface area (Å²) in [7, 11) is 0. The average molecular weight is 371 g/mol. The lowest BCUT2D eigenvalue weighted by molar-refractivity contribution is -0.384. The molecule has 27 heavy (non-hydrogen) atoms. The van der Waals surface area contributed by atoms with E-state index in [1.165, 1.54) is 12.3 Å². The van der Waals surface area contributed by atoms with Crippen molar-refractivity contribution in [2.45, 2.75) is 31.7 Å². The summed E-state index contributed by atoms with van der Waals surface area (Å²) >= 11 is 0. The van der Waals surface area contributed by atoms with Crippen LogP contribution in [0.5, 0.6) is 0 Å². The Labute approximate surface area is 155 Å². The monoisotopic (exact) mass is 371 g/mol. The van der Waals surface area contributed by atoms with Crippen LogP contribution in [0, 0.1) is 10.1 Å². The summed E-state index contributed by atoms with van der Waals surface area (Å²) in [5, 5.41) is 18.6. The van der Waals surface area contributed by atoms with Crippen LogP contribution in [0.15, 0.2) is 18.3 Å². The second-order valence-electron chi connectivity index (χ2n) is 7.06. The Morgan fingerprint density at radius 1 is 1.41 bits per heavy atom. The summed E-state index contributed by atoms with van der Waals surface area (Å²) in [5.41, 5.74) is 7.52. The predicted molar refractivity (Wildman–Crippen MR) is 98.1 cm³/mol. The van der Waals surface area contributed by atoms with Gasteiger partial charge < -0.3 is 16.0 Å². The van der Waals surface area contributed by atoms with Crippen molar-refractivity contribution in [3.8, 4) is 11.3 Å². The molecule has 2 aliphatic heterocycles. The van der Waals surface area contributed by atoms with Crippen LogP contribution in [0.1, 0.15) is 25.5 Å². The molecule has 1 unspecified atom stereocenters. The fraction of sp³-hybridized carbons (Fsp3) is 0.471. The van der Waals surface area contributed by atoms with E-state index in [0.29, 0.717) is 30.9 Å². The van der Waals surface area contributed by atoms with Gasteiger partial charge in [0.25, 0.3) is 0 Å². The molecule has 0 radical (unpaired) electrons. The maximum Gasteiger partial charge on any atom is 0.317 e. The van der Waals surface area contributed by atoms with E-state index in [-0.39, 0.29) is 23.0 Å². The van der Waals surface area contributed by atoms with Crippen LogP contribution in [-0.4, -0.2) is 50.3 Å². The quantitative estimate of drug-likeness (QED) is 0.621. The lowest BCUT2D eigenvalue weighted by Gasteiger charge is -2.23. The summed E-state index contributed by atoms with van der Waals surface area (Å²) in [5.74, 6) is -0.111. The van der Waals surface area contributed by atoms with Crippen molar-refractivity contribution < 1.29 is 9.72 Å². The van der Waals surface area contributed by atoms with Crippen molar-refractivity contribution in [1.82, 2.24) is 25.0 Å². The van der Waals surface area contributed by atoms with E-state index >= 15 is 0 Å². The topological polar surface area (TPSA) is 132 Å². The minimum absolute atomic E-state index is 0.0362. The Balaban J connectivity index is 1.64. The zero-order valence-electron chi connectivity index (χ0n) is 15.0. The van der Waals surface area contributed by atoms with Gasteiger partial charge in [-0.2, -0.15) is 5.10 Å². The molecule has 3 N–H and O–H groups in total. The highest BCUT2D eigenvalue weighted by molar-refractivity contribution is 5.75. The van der Waals surface area contributed by atoms with Gasteiger partial charge in [0.1, 0.15) is 0 Å². The maximum absolute atomic E-state index is 12.2. The van der Waals surface area contributed by atoms with Crippen LogP contribution >= 0.6 is 0 Å². The standard InChI is InChI=1S/C17H21N7O3/c1-2-19-16(25)22-5-3-17(10-22)4-6-23-14(17)8-12(21-23)11-7-13(24(26)27)15(18)20-9-11/h7-9H,2-6,10H2,1H3,(H2,18,20)(H,19,25). The first-order valence-electron chi connectivity index (χ1n) is 8.95. The molecule has 0 saturated carbocycles. The summed E-state index contributed by atoms with van der Waals surface area (Å²) in [6, 6.07) is 3.33. The Morgan fingerprint density at radius 2 is 2.19 bits per heavy atom. The van der Waals surface area contributed by atoms with Crippen molar-refractivity contribution in [2.75, 3.05) is 25.4 Å². The van der Waals surface area contributed by atoms with Gasteiger partial charge in [-0.1, -0.05) is 0 Å². The number of pyridine rings is 1. The van der Waals surface area contributed by atoms with Gasteiger partial charge in [-0.15, -0.1) is 0 Å². The van der Waals surface area contributed by atoms with Gasteiger partial charge in [0.05, 0.1) is 10.6 Å². The molecule has 2 aromatic rings. The summed E-state index contributed by atoms with van der Waals surface area (Å²) in [6.07, 6.45) is 3.32. The number of hydrogen-bond donors (Lipinski definition) is 2. The number of nitro groups is 1. The normalized spacial score (nSPS) is 20.9.